The molecule has 2 aliphatic heterocycles. The quantitative estimate of drug-likeness (QED) is 0.774. The second-order valence-corrected chi connectivity index (χ2v) is 8.98. The Morgan fingerprint density at radius 2 is 2.00 bits per heavy atom. The van der Waals surface area contributed by atoms with Crippen molar-refractivity contribution >= 4 is 11.5 Å². The van der Waals surface area contributed by atoms with Gasteiger partial charge in [-0.15, -0.1) is 0 Å². The first-order valence-electron chi connectivity index (χ1n) is 10.5. The number of pyridine rings is 1. The monoisotopic (exact) mass is 382 g/mol. The third-order valence-corrected chi connectivity index (χ3v) is 6.76. The zero-order chi connectivity index (χ0) is 19.7. The Kier molecular flexibility index (Phi) is 5.34. The average molecular weight is 383 g/mol. The van der Waals surface area contributed by atoms with Crippen molar-refractivity contribution in [3.8, 4) is 0 Å². The third kappa shape index (κ3) is 3.76. The first-order valence-corrected chi connectivity index (χ1v) is 10.5. The molecule has 0 radical (unpaired) electrons. The first-order chi connectivity index (χ1) is 13.5. The van der Waals surface area contributed by atoms with E-state index < -0.39 is 0 Å². The maximum Gasteiger partial charge on any atom is 0.137 e. The molecule has 6 heteroatoms. The van der Waals surface area contributed by atoms with Crippen LogP contribution in [0.5, 0.6) is 0 Å². The van der Waals surface area contributed by atoms with Crippen molar-refractivity contribution in [3.63, 3.8) is 0 Å². The number of allylic oxidation sites excluding steroid dienone is 2. The highest BCUT2D eigenvalue weighted by Gasteiger charge is 2.48. The fourth-order valence-corrected chi connectivity index (χ4v) is 5.42. The number of nitrogens with zero attached hydrogens (tertiary/aromatic N) is 4. The smallest absolute Gasteiger partial charge is 0.137 e. The third-order valence-electron chi connectivity index (χ3n) is 6.76. The standard InChI is InChI=1S/C22H34N6/c1-17(14-23)12-20(24)19-4-3-7-25-21(19)28-10-8-27(9-11-28)18-5-6-22(13-18)15-26(2)16-22/h3-4,7,12,14,18H,5-6,8-11,13,15-16,23-24H2,1-2H3/b17-14-,20-12-. The molecule has 6 nitrogen and oxygen atoms in total. The second kappa shape index (κ2) is 7.76. The Bertz CT molecular complexity index is 756. The highest BCUT2D eigenvalue weighted by atomic mass is 15.3. The van der Waals surface area contributed by atoms with Crippen molar-refractivity contribution in [3.05, 3.63) is 41.7 Å². The maximum absolute atomic E-state index is 6.35. The fourth-order valence-electron chi connectivity index (χ4n) is 5.42. The second-order valence-electron chi connectivity index (χ2n) is 8.98. The molecule has 1 spiro atoms. The van der Waals surface area contributed by atoms with Crippen molar-refractivity contribution in [1.29, 1.82) is 0 Å². The van der Waals surface area contributed by atoms with Gasteiger partial charge in [0.2, 0.25) is 0 Å². The van der Waals surface area contributed by atoms with Crippen LogP contribution in [0, 0.1) is 5.41 Å². The van der Waals surface area contributed by atoms with Gasteiger partial charge in [-0.3, -0.25) is 4.90 Å². The molecule has 1 aromatic rings. The topological polar surface area (TPSA) is 74.6 Å². The van der Waals surface area contributed by atoms with Crippen LogP contribution in [0.3, 0.4) is 0 Å². The molecule has 2 saturated heterocycles. The van der Waals surface area contributed by atoms with Gasteiger partial charge in [-0.05, 0) is 68.6 Å². The van der Waals surface area contributed by atoms with Gasteiger partial charge < -0.3 is 21.3 Å². The van der Waals surface area contributed by atoms with Crippen LogP contribution < -0.4 is 16.4 Å². The van der Waals surface area contributed by atoms with Gasteiger partial charge in [0, 0.05) is 62.8 Å². The average Bonchev–Trinajstić information content (AvgIpc) is 3.13. The van der Waals surface area contributed by atoms with Gasteiger partial charge in [0.05, 0.1) is 0 Å². The van der Waals surface area contributed by atoms with Crippen LogP contribution in [0.25, 0.3) is 5.70 Å². The Balaban J connectivity index is 1.40. The number of nitrogens with two attached hydrogens (primary N) is 2. The molecular formula is C22H34N6. The first kappa shape index (κ1) is 19.3. The lowest BCUT2D eigenvalue weighted by Crippen LogP contribution is -2.54. The minimum Gasteiger partial charge on any atom is -0.404 e. The minimum absolute atomic E-state index is 0.623. The number of piperazine rings is 1. The predicted molar refractivity (Wildman–Crippen MR) is 116 cm³/mol. The number of aromatic nitrogens is 1. The van der Waals surface area contributed by atoms with Crippen LogP contribution in [0.4, 0.5) is 5.82 Å². The van der Waals surface area contributed by atoms with Crippen molar-refractivity contribution in [2.45, 2.75) is 32.2 Å². The summed E-state index contributed by atoms with van der Waals surface area (Å²) in [5.74, 6) is 0.990. The largest absolute Gasteiger partial charge is 0.404 e. The van der Waals surface area contributed by atoms with Crippen molar-refractivity contribution < 1.29 is 0 Å². The Morgan fingerprint density at radius 3 is 2.68 bits per heavy atom. The molecule has 3 aliphatic rings. The Morgan fingerprint density at radius 1 is 1.25 bits per heavy atom. The van der Waals surface area contributed by atoms with Crippen LogP contribution in [-0.4, -0.2) is 67.1 Å². The van der Waals surface area contributed by atoms with Gasteiger partial charge in [-0.1, -0.05) is 0 Å². The molecule has 1 saturated carbocycles. The summed E-state index contributed by atoms with van der Waals surface area (Å²) in [6.45, 7) is 8.77. The molecule has 1 aromatic heterocycles. The zero-order valence-electron chi connectivity index (χ0n) is 17.3. The van der Waals surface area contributed by atoms with E-state index in [9.17, 15) is 0 Å². The molecule has 152 valence electrons. The van der Waals surface area contributed by atoms with E-state index in [1.807, 2.05) is 25.3 Å². The molecule has 1 atom stereocenters. The number of hydrogen-bond acceptors (Lipinski definition) is 6. The summed E-state index contributed by atoms with van der Waals surface area (Å²) in [5, 5.41) is 0. The fraction of sp³-hybridized carbons (Fsp3) is 0.591. The molecule has 0 amide bonds. The Labute approximate surface area is 168 Å². The van der Waals surface area contributed by atoms with Crippen LogP contribution in [-0.2, 0) is 0 Å². The normalized spacial score (nSPS) is 26.6. The lowest BCUT2D eigenvalue weighted by Gasteiger charge is -2.47. The molecular weight excluding hydrogens is 348 g/mol. The summed E-state index contributed by atoms with van der Waals surface area (Å²) in [4.78, 5) is 12.2. The van der Waals surface area contributed by atoms with Gasteiger partial charge in [0.1, 0.15) is 5.82 Å². The van der Waals surface area contributed by atoms with E-state index >= 15 is 0 Å². The van der Waals surface area contributed by atoms with Crippen LogP contribution in [0.1, 0.15) is 31.7 Å². The van der Waals surface area contributed by atoms with E-state index in [2.05, 4.69) is 32.8 Å². The SMILES string of the molecule is CC(=C/N)/C=C(\N)c1cccnc1N1CCN(C2CCC3(C2)CN(C)C3)CC1. The van der Waals surface area contributed by atoms with Crippen molar-refractivity contribution in [2.24, 2.45) is 16.9 Å². The highest BCUT2D eigenvalue weighted by molar-refractivity contribution is 5.74. The summed E-state index contributed by atoms with van der Waals surface area (Å²) in [7, 11) is 2.24. The molecule has 3 heterocycles. The van der Waals surface area contributed by atoms with Crippen LogP contribution in [0.2, 0.25) is 0 Å². The van der Waals surface area contributed by atoms with Gasteiger partial charge in [-0.25, -0.2) is 4.98 Å². The van der Waals surface area contributed by atoms with Gasteiger partial charge in [0.15, 0.2) is 0 Å². The van der Waals surface area contributed by atoms with E-state index in [1.165, 1.54) is 32.4 Å². The molecule has 1 unspecified atom stereocenters. The molecule has 0 aromatic carbocycles. The predicted octanol–water partition coefficient (Wildman–Crippen LogP) is 1.85. The molecule has 4 N–H and O–H groups in total. The number of hydrogen-bond donors (Lipinski definition) is 2. The number of rotatable bonds is 4. The molecule has 28 heavy (non-hydrogen) atoms. The van der Waals surface area contributed by atoms with Gasteiger partial charge >= 0.3 is 0 Å². The lowest BCUT2D eigenvalue weighted by atomic mass is 9.78. The maximum atomic E-state index is 6.35. The Hall–Kier alpha value is -2.05. The summed E-state index contributed by atoms with van der Waals surface area (Å²) in [6, 6.07) is 4.77. The highest BCUT2D eigenvalue weighted by Crippen LogP contribution is 2.46. The summed E-state index contributed by atoms with van der Waals surface area (Å²) < 4.78 is 0. The van der Waals surface area contributed by atoms with E-state index in [-0.39, 0.29) is 0 Å². The molecule has 1 aliphatic carbocycles. The van der Waals surface area contributed by atoms with Crippen LogP contribution >= 0.6 is 0 Å². The van der Waals surface area contributed by atoms with E-state index in [0.717, 1.165) is 54.9 Å². The van der Waals surface area contributed by atoms with Crippen LogP contribution in [0.15, 0.2) is 36.2 Å². The van der Waals surface area contributed by atoms with E-state index in [0.29, 0.717) is 5.41 Å². The molecule has 3 fully saturated rings. The molecule has 0 bridgehead atoms. The summed E-state index contributed by atoms with van der Waals surface area (Å²) in [6.07, 6.45) is 9.51. The number of anilines is 1. The van der Waals surface area contributed by atoms with Crippen molar-refractivity contribution in [2.75, 3.05) is 51.2 Å². The van der Waals surface area contributed by atoms with Crippen molar-refractivity contribution in [1.82, 2.24) is 14.8 Å². The minimum atomic E-state index is 0.623. The lowest BCUT2D eigenvalue weighted by molar-refractivity contribution is 0.0204. The summed E-state index contributed by atoms with van der Waals surface area (Å²) >= 11 is 0. The van der Waals surface area contributed by atoms with E-state index in [4.69, 9.17) is 11.5 Å². The number of likely N-dealkylation sites (tertiary alicyclic amines) is 1. The van der Waals surface area contributed by atoms with Gasteiger partial charge in [-0.2, -0.15) is 0 Å². The molecule has 4 rings (SSSR count). The van der Waals surface area contributed by atoms with Gasteiger partial charge in [0.25, 0.3) is 0 Å². The van der Waals surface area contributed by atoms with E-state index in [1.54, 1.807) is 6.20 Å². The zero-order valence-corrected chi connectivity index (χ0v) is 17.3. The summed E-state index contributed by atoms with van der Waals surface area (Å²) in [5.41, 5.74) is 15.2.